The minimum Gasteiger partial charge on any atom is -0.349 e. The zero-order valence-corrected chi connectivity index (χ0v) is 11.9. The lowest BCUT2D eigenvalue weighted by atomic mass is 10.0. The minimum atomic E-state index is 0.139. The van der Waals surface area contributed by atoms with E-state index in [1.807, 2.05) is 23.9 Å². The van der Waals surface area contributed by atoms with Crippen molar-refractivity contribution in [2.24, 2.45) is 11.8 Å². The molecule has 0 aromatic heterocycles. The molecule has 0 spiro atoms. The third-order valence-electron chi connectivity index (χ3n) is 3.77. The lowest BCUT2D eigenvalue weighted by molar-refractivity contribution is -0.123. The van der Waals surface area contributed by atoms with Crippen LogP contribution >= 0.6 is 23.4 Å². The van der Waals surface area contributed by atoms with Gasteiger partial charge in [-0.25, -0.2) is 0 Å². The molecule has 3 unspecified atom stereocenters. The number of halogens is 1. The largest absolute Gasteiger partial charge is 0.349 e. The third kappa shape index (κ3) is 2.39. The van der Waals surface area contributed by atoms with Crippen molar-refractivity contribution >= 4 is 29.3 Å². The first-order valence-corrected chi connectivity index (χ1v) is 7.74. The maximum atomic E-state index is 12.0. The number of nitrogens with one attached hydrogen (secondary N) is 1. The quantitative estimate of drug-likeness (QED) is 0.896. The maximum Gasteiger partial charge on any atom is 0.223 e. The smallest absolute Gasteiger partial charge is 0.223 e. The molecule has 2 nitrogen and oxygen atoms in total. The first-order valence-electron chi connectivity index (χ1n) is 6.38. The highest BCUT2D eigenvalue weighted by Gasteiger charge is 2.40. The van der Waals surface area contributed by atoms with Crippen LogP contribution in [0.3, 0.4) is 0 Å². The van der Waals surface area contributed by atoms with Gasteiger partial charge in [-0.2, -0.15) is 0 Å². The van der Waals surface area contributed by atoms with E-state index in [2.05, 4.69) is 18.3 Å². The highest BCUT2D eigenvalue weighted by molar-refractivity contribution is 7.99. The van der Waals surface area contributed by atoms with Gasteiger partial charge in [0.2, 0.25) is 5.91 Å². The fourth-order valence-corrected chi connectivity index (χ4v) is 3.77. The second-order valence-corrected chi connectivity index (χ2v) is 6.77. The highest BCUT2D eigenvalue weighted by atomic mass is 35.5. The Morgan fingerprint density at radius 1 is 1.50 bits per heavy atom. The van der Waals surface area contributed by atoms with E-state index in [-0.39, 0.29) is 17.9 Å². The van der Waals surface area contributed by atoms with Crippen LogP contribution in [0.25, 0.3) is 0 Å². The summed E-state index contributed by atoms with van der Waals surface area (Å²) in [5.41, 5.74) is 1.18. The molecule has 1 amide bonds. The topological polar surface area (TPSA) is 29.1 Å². The van der Waals surface area contributed by atoms with E-state index in [1.165, 1.54) is 10.5 Å². The van der Waals surface area contributed by atoms with E-state index >= 15 is 0 Å². The number of carbonyl (C=O) groups excluding carboxylic acids is 1. The van der Waals surface area contributed by atoms with Gasteiger partial charge in [-0.05, 0) is 42.5 Å². The summed E-state index contributed by atoms with van der Waals surface area (Å²) in [6, 6.07) is 6.10. The van der Waals surface area contributed by atoms with Gasteiger partial charge in [0.25, 0.3) is 0 Å². The van der Waals surface area contributed by atoms with Crippen molar-refractivity contribution < 1.29 is 4.79 Å². The number of thioether (sulfide) groups is 1. The third-order valence-corrected chi connectivity index (χ3v) is 5.13. The Morgan fingerprint density at radius 3 is 3.00 bits per heavy atom. The van der Waals surface area contributed by atoms with Gasteiger partial charge >= 0.3 is 0 Å². The molecule has 1 aliphatic carbocycles. The number of fused-ring (bicyclic) bond motifs is 1. The Kier molecular flexibility index (Phi) is 3.29. The average molecular weight is 282 g/mol. The molecule has 1 fully saturated rings. The monoisotopic (exact) mass is 281 g/mol. The van der Waals surface area contributed by atoms with Crippen molar-refractivity contribution in [3.63, 3.8) is 0 Å². The van der Waals surface area contributed by atoms with Crippen molar-refractivity contribution in [1.29, 1.82) is 0 Å². The van der Waals surface area contributed by atoms with E-state index < -0.39 is 0 Å². The molecule has 3 atom stereocenters. The van der Waals surface area contributed by atoms with Gasteiger partial charge in [-0.1, -0.05) is 18.5 Å². The van der Waals surface area contributed by atoms with E-state index in [0.29, 0.717) is 5.92 Å². The van der Waals surface area contributed by atoms with E-state index in [0.717, 1.165) is 23.6 Å². The molecule has 1 N–H and O–H groups in total. The van der Waals surface area contributed by atoms with Crippen molar-refractivity contribution in [2.75, 3.05) is 5.75 Å². The van der Waals surface area contributed by atoms with Gasteiger partial charge in [0.15, 0.2) is 0 Å². The minimum absolute atomic E-state index is 0.139. The molecule has 2 aliphatic rings. The van der Waals surface area contributed by atoms with Crippen LogP contribution in [0.4, 0.5) is 0 Å². The molecule has 0 bridgehead atoms. The second-order valence-electron chi connectivity index (χ2n) is 5.20. The van der Waals surface area contributed by atoms with Crippen LogP contribution in [0.15, 0.2) is 23.1 Å². The normalized spacial score (nSPS) is 29.6. The van der Waals surface area contributed by atoms with E-state index in [1.54, 1.807) is 0 Å². The molecule has 4 heteroatoms. The Morgan fingerprint density at radius 2 is 2.28 bits per heavy atom. The summed E-state index contributed by atoms with van der Waals surface area (Å²) < 4.78 is 0. The van der Waals surface area contributed by atoms with Crippen molar-refractivity contribution in [3.8, 4) is 0 Å². The first kappa shape index (κ1) is 12.4. The number of rotatable bonds is 2. The van der Waals surface area contributed by atoms with Gasteiger partial charge in [0.1, 0.15) is 0 Å². The molecule has 3 rings (SSSR count). The Labute approximate surface area is 116 Å². The predicted molar refractivity (Wildman–Crippen MR) is 74.9 cm³/mol. The predicted octanol–water partition coefficient (Wildman–Crippen LogP) is 3.65. The first-order chi connectivity index (χ1) is 8.65. The highest BCUT2D eigenvalue weighted by Crippen LogP contribution is 2.41. The molecule has 0 radical (unpaired) electrons. The molecule has 96 valence electrons. The average Bonchev–Trinajstić information content (AvgIpc) is 3.07. The fourth-order valence-electron chi connectivity index (χ4n) is 2.48. The number of benzene rings is 1. The van der Waals surface area contributed by atoms with Gasteiger partial charge in [0.05, 0.1) is 6.04 Å². The summed E-state index contributed by atoms with van der Waals surface area (Å²) in [6.07, 6.45) is 2.03. The summed E-state index contributed by atoms with van der Waals surface area (Å²) >= 11 is 7.90. The van der Waals surface area contributed by atoms with E-state index in [4.69, 9.17) is 11.6 Å². The number of hydrogen-bond acceptors (Lipinski definition) is 2. The summed E-state index contributed by atoms with van der Waals surface area (Å²) in [5.74, 6) is 2.06. The summed E-state index contributed by atoms with van der Waals surface area (Å²) in [7, 11) is 0. The van der Waals surface area contributed by atoms with Gasteiger partial charge < -0.3 is 5.32 Å². The van der Waals surface area contributed by atoms with Crippen molar-refractivity contribution in [2.45, 2.75) is 30.7 Å². The Hall–Kier alpha value is -0.670. The van der Waals surface area contributed by atoms with Gasteiger partial charge in [0, 0.05) is 21.6 Å². The van der Waals surface area contributed by atoms with Gasteiger partial charge in [-0.3, -0.25) is 4.79 Å². The number of hydrogen-bond donors (Lipinski definition) is 1. The summed E-state index contributed by atoms with van der Waals surface area (Å²) in [4.78, 5) is 13.3. The van der Waals surface area contributed by atoms with Crippen LogP contribution in [-0.4, -0.2) is 11.7 Å². The zero-order valence-electron chi connectivity index (χ0n) is 10.3. The van der Waals surface area contributed by atoms with Crippen molar-refractivity contribution in [3.05, 3.63) is 28.8 Å². The standard InChI is InChI=1S/C14H16ClNOS/c1-8-6-10(8)14(17)16-12-4-5-18-13-3-2-9(15)7-11(12)13/h2-3,7-8,10,12H,4-6H2,1H3,(H,16,17). The lowest BCUT2D eigenvalue weighted by Crippen LogP contribution is -2.32. The van der Waals surface area contributed by atoms with Crippen molar-refractivity contribution in [1.82, 2.24) is 5.32 Å². The fraction of sp³-hybridized carbons (Fsp3) is 0.500. The Bertz CT molecular complexity index is 491. The summed E-state index contributed by atoms with van der Waals surface area (Å²) in [5, 5.41) is 3.93. The molecular formula is C14H16ClNOS. The Balaban J connectivity index is 1.78. The van der Waals surface area contributed by atoms with Crippen LogP contribution in [0, 0.1) is 11.8 Å². The summed E-state index contributed by atoms with van der Waals surface area (Å²) in [6.45, 7) is 2.13. The SMILES string of the molecule is CC1CC1C(=O)NC1CCSc2ccc(Cl)cc21. The lowest BCUT2D eigenvalue weighted by Gasteiger charge is -2.26. The molecule has 1 aliphatic heterocycles. The molecule has 0 saturated heterocycles. The number of carbonyl (C=O) groups is 1. The van der Waals surface area contributed by atoms with Gasteiger partial charge in [-0.15, -0.1) is 11.8 Å². The number of amides is 1. The maximum absolute atomic E-state index is 12.0. The van der Waals surface area contributed by atoms with Crippen LogP contribution in [-0.2, 0) is 4.79 Å². The molecule has 18 heavy (non-hydrogen) atoms. The molecule has 1 saturated carbocycles. The molecule has 1 aromatic rings. The molecular weight excluding hydrogens is 266 g/mol. The molecule has 1 heterocycles. The molecule has 1 aromatic carbocycles. The zero-order chi connectivity index (χ0) is 12.7. The van der Waals surface area contributed by atoms with Crippen LogP contribution in [0.2, 0.25) is 5.02 Å². The second kappa shape index (κ2) is 4.78. The van der Waals surface area contributed by atoms with Crippen LogP contribution in [0.1, 0.15) is 31.4 Å². The van der Waals surface area contributed by atoms with Crippen LogP contribution < -0.4 is 5.32 Å². The van der Waals surface area contributed by atoms with Crippen LogP contribution in [0.5, 0.6) is 0 Å². The van der Waals surface area contributed by atoms with E-state index in [9.17, 15) is 4.79 Å².